The Morgan fingerprint density at radius 2 is 2.18 bits per heavy atom. The van der Waals surface area contributed by atoms with Gasteiger partial charge in [-0.3, -0.25) is 0 Å². The quantitative estimate of drug-likeness (QED) is 0.850. The fourth-order valence-electron chi connectivity index (χ4n) is 1.34. The van der Waals surface area contributed by atoms with Gasteiger partial charge in [0.1, 0.15) is 5.75 Å². The average molecular weight is 233 g/mol. The molecule has 0 aliphatic carbocycles. The predicted octanol–water partition coefficient (Wildman–Crippen LogP) is 3.06. The monoisotopic (exact) mass is 233 g/mol. The molecular weight excluding hydrogens is 214 g/mol. The maximum atomic E-state index is 9.44. The molecule has 3 heteroatoms. The zero-order valence-electron chi connectivity index (χ0n) is 10.6. The molecule has 1 aromatic rings. The molecule has 0 heterocycles. The maximum absolute atomic E-state index is 9.44. The van der Waals surface area contributed by atoms with E-state index in [9.17, 15) is 5.11 Å². The van der Waals surface area contributed by atoms with E-state index >= 15 is 0 Å². The third-order valence-electron chi connectivity index (χ3n) is 2.64. The molecular formula is C14H19NO2. The van der Waals surface area contributed by atoms with Gasteiger partial charge in [-0.05, 0) is 44.9 Å². The van der Waals surface area contributed by atoms with Gasteiger partial charge in [0.15, 0.2) is 0 Å². The van der Waals surface area contributed by atoms with Crippen molar-refractivity contribution < 1.29 is 9.84 Å². The van der Waals surface area contributed by atoms with Crippen molar-refractivity contribution >= 4 is 0 Å². The number of aliphatic hydroxyl groups is 1. The molecule has 0 saturated heterocycles. The van der Waals surface area contributed by atoms with E-state index in [1.165, 1.54) is 0 Å². The molecule has 0 fully saturated rings. The van der Waals surface area contributed by atoms with E-state index < -0.39 is 6.10 Å². The van der Waals surface area contributed by atoms with E-state index in [0.29, 0.717) is 13.0 Å². The highest BCUT2D eigenvalue weighted by atomic mass is 16.5. The number of rotatable bonds is 5. The van der Waals surface area contributed by atoms with Crippen molar-refractivity contribution in [2.75, 3.05) is 6.61 Å². The Labute approximate surface area is 103 Å². The standard InChI is InChI=1S/C14H19NO2/c1-11(16)12-5-4-6-13(9-12)17-8-7-14(2,3)10-15/h4-6,9,11,16H,7-8H2,1-3H3. The number of hydrogen-bond acceptors (Lipinski definition) is 3. The van der Waals surface area contributed by atoms with Gasteiger partial charge in [0.25, 0.3) is 0 Å². The first-order valence-electron chi connectivity index (χ1n) is 5.77. The Morgan fingerprint density at radius 1 is 1.47 bits per heavy atom. The van der Waals surface area contributed by atoms with Gasteiger partial charge in [0.05, 0.1) is 24.2 Å². The minimum atomic E-state index is -0.492. The smallest absolute Gasteiger partial charge is 0.119 e. The van der Waals surface area contributed by atoms with Crippen LogP contribution in [0.2, 0.25) is 0 Å². The molecule has 0 bridgehead atoms. The third-order valence-corrected chi connectivity index (χ3v) is 2.64. The van der Waals surface area contributed by atoms with E-state index in [-0.39, 0.29) is 5.41 Å². The van der Waals surface area contributed by atoms with Crippen LogP contribution in [-0.4, -0.2) is 11.7 Å². The van der Waals surface area contributed by atoms with Crippen LogP contribution in [0.15, 0.2) is 24.3 Å². The summed E-state index contributed by atoms with van der Waals surface area (Å²) in [5.41, 5.74) is 0.476. The summed E-state index contributed by atoms with van der Waals surface area (Å²) in [4.78, 5) is 0. The minimum absolute atomic E-state index is 0.359. The molecule has 0 radical (unpaired) electrons. The first-order chi connectivity index (χ1) is 7.94. The van der Waals surface area contributed by atoms with Gasteiger partial charge in [-0.15, -0.1) is 0 Å². The summed E-state index contributed by atoms with van der Waals surface area (Å²) in [6, 6.07) is 9.62. The first-order valence-corrected chi connectivity index (χ1v) is 5.77. The lowest BCUT2D eigenvalue weighted by atomic mass is 9.92. The highest BCUT2D eigenvalue weighted by Gasteiger charge is 2.16. The second-order valence-corrected chi connectivity index (χ2v) is 4.84. The van der Waals surface area contributed by atoms with Gasteiger partial charge in [0.2, 0.25) is 0 Å². The summed E-state index contributed by atoms with van der Waals surface area (Å²) < 4.78 is 5.57. The molecule has 0 amide bonds. The van der Waals surface area contributed by atoms with Gasteiger partial charge in [0, 0.05) is 0 Å². The second-order valence-electron chi connectivity index (χ2n) is 4.84. The van der Waals surface area contributed by atoms with Gasteiger partial charge in [-0.25, -0.2) is 0 Å². The molecule has 0 aliphatic heterocycles. The number of nitriles is 1. The second kappa shape index (κ2) is 5.70. The molecule has 1 N–H and O–H groups in total. The Bertz CT molecular complexity index is 405. The highest BCUT2D eigenvalue weighted by molar-refractivity contribution is 5.29. The van der Waals surface area contributed by atoms with Gasteiger partial charge >= 0.3 is 0 Å². The lowest BCUT2D eigenvalue weighted by molar-refractivity contribution is 0.198. The van der Waals surface area contributed by atoms with Crippen LogP contribution in [0.4, 0.5) is 0 Å². The lowest BCUT2D eigenvalue weighted by Gasteiger charge is -2.15. The van der Waals surface area contributed by atoms with E-state index in [2.05, 4.69) is 6.07 Å². The van der Waals surface area contributed by atoms with Crippen LogP contribution in [-0.2, 0) is 0 Å². The fraction of sp³-hybridized carbons (Fsp3) is 0.500. The van der Waals surface area contributed by atoms with E-state index in [4.69, 9.17) is 10.00 Å². The van der Waals surface area contributed by atoms with Crippen molar-refractivity contribution in [1.29, 1.82) is 5.26 Å². The van der Waals surface area contributed by atoms with Crippen molar-refractivity contribution in [3.63, 3.8) is 0 Å². The van der Waals surface area contributed by atoms with Gasteiger partial charge in [-0.1, -0.05) is 12.1 Å². The Balaban J connectivity index is 2.53. The molecule has 1 atom stereocenters. The summed E-state index contributed by atoms with van der Waals surface area (Å²) >= 11 is 0. The van der Waals surface area contributed by atoms with Gasteiger partial charge in [-0.2, -0.15) is 5.26 Å². The van der Waals surface area contributed by atoms with Crippen LogP contribution in [0.5, 0.6) is 5.75 Å². The zero-order chi connectivity index (χ0) is 12.9. The van der Waals surface area contributed by atoms with Crippen LogP contribution in [0.1, 0.15) is 38.9 Å². The molecule has 0 aliphatic rings. The highest BCUT2D eigenvalue weighted by Crippen LogP contribution is 2.22. The van der Waals surface area contributed by atoms with Crippen molar-refractivity contribution in [2.45, 2.75) is 33.3 Å². The van der Waals surface area contributed by atoms with Crippen molar-refractivity contribution in [1.82, 2.24) is 0 Å². The summed E-state index contributed by atoms with van der Waals surface area (Å²) in [6.45, 7) is 6.01. The molecule has 0 saturated carbocycles. The van der Waals surface area contributed by atoms with Crippen LogP contribution in [0, 0.1) is 16.7 Å². The minimum Gasteiger partial charge on any atom is -0.494 e. The Morgan fingerprint density at radius 3 is 2.76 bits per heavy atom. The van der Waals surface area contributed by atoms with Crippen molar-refractivity contribution in [3.05, 3.63) is 29.8 Å². The molecule has 92 valence electrons. The summed E-state index contributed by atoms with van der Waals surface area (Å²) in [5, 5.41) is 18.3. The summed E-state index contributed by atoms with van der Waals surface area (Å²) in [6.07, 6.45) is 0.191. The largest absolute Gasteiger partial charge is 0.494 e. The number of ether oxygens (including phenoxy) is 1. The van der Waals surface area contributed by atoms with Crippen LogP contribution in [0.25, 0.3) is 0 Å². The molecule has 17 heavy (non-hydrogen) atoms. The van der Waals surface area contributed by atoms with Crippen molar-refractivity contribution in [3.8, 4) is 11.8 Å². The predicted molar refractivity (Wildman–Crippen MR) is 66.6 cm³/mol. The molecule has 1 aromatic carbocycles. The number of aliphatic hydroxyl groups excluding tert-OH is 1. The number of benzene rings is 1. The van der Waals surface area contributed by atoms with E-state index in [1.54, 1.807) is 6.92 Å². The van der Waals surface area contributed by atoms with Crippen molar-refractivity contribution in [2.24, 2.45) is 5.41 Å². The van der Waals surface area contributed by atoms with Gasteiger partial charge < -0.3 is 9.84 Å². The summed E-state index contributed by atoms with van der Waals surface area (Å²) in [5.74, 6) is 0.733. The maximum Gasteiger partial charge on any atom is 0.119 e. The fourth-order valence-corrected chi connectivity index (χ4v) is 1.34. The van der Waals surface area contributed by atoms with Crippen LogP contribution >= 0.6 is 0 Å². The molecule has 0 aromatic heterocycles. The molecule has 1 rings (SSSR count). The molecule has 0 spiro atoms. The Kier molecular flexibility index (Phi) is 4.53. The first kappa shape index (κ1) is 13.5. The number of nitrogens with zero attached hydrogens (tertiary/aromatic N) is 1. The number of hydrogen-bond donors (Lipinski definition) is 1. The normalized spacial score (nSPS) is 12.9. The van der Waals surface area contributed by atoms with Crippen LogP contribution < -0.4 is 4.74 Å². The molecule has 1 unspecified atom stereocenters. The zero-order valence-corrected chi connectivity index (χ0v) is 10.6. The Hall–Kier alpha value is -1.53. The van der Waals surface area contributed by atoms with Crippen LogP contribution in [0.3, 0.4) is 0 Å². The van der Waals surface area contributed by atoms with E-state index in [1.807, 2.05) is 38.1 Å². The average Bonchev–Trinajstić information content (AvgIpc) is 2.29. The SMILES string of the molecule is CC(O)c1cccc(OCCC(C)(C)C#N)c1. The summed E-state index contributed by atoms with van der Waals surface area (Å²) in [7, 11) is 0. The molecule has 3 nitrogen and oxygen atoms in total. The topological polar surface area (TPSA) is 53.2 Å². The van der Waals surface area contributed by atoms with E-state index in [0.717, 1.165) is 11.3 Å². The lowest BCUT2D eigenvalue weighted by Crippen LogP contribution is -2.13. The third kappa shape index (κ3) is 4.46.